The zero-order chi connectivity index (χ0) is 13.1. The number of rotatable bonds is 3. The zero-order valence-corrected chi connectivity index (χ0v) is 10.4. The van der Waals surface area contributed by atoms with Gasteiger partial charge >= 0.3 is 5.97 Å². The first-order chi connectivity index (χ1) is 8.60. The molecule has 0 radical (unpaired) electrons. The Balaban J connectivity index is 2.51. The van der Waals surface area contributed by atoms with Crippen molar-refractivity contribution in [2.45, 2.75) is 0 Å². The quantitative estimate of drug-likeness (QED) is 0.917. The van der Waals surface area contributed by atoms with Crippen molar-refractivity contribution in [2.24, 2.45) is 0 Å². The molecule has 1 N–H and O–H groups in total. The van der Waals surface area contributed by atoms with Crippen molar-refractivity contribution in [1.29, 1.82) is 0 Å². The van der Waals surface area contributed by atoms with Gasteiger partial charge in [-0.3, -0.25) is 0 Å². The number of methoxy groups -OCH3 is 1. The maximum Gasteiger partial charge on any atom is 0.335 e. The van der Waals surface area contributed by atoms with Crippen molar-refractivity contribution in [3.8, 4) is 16.9 Å². The van der Waals surface area contributed by atoms with Crippen LogP contribution in [0.3, 0.4) is 0 Å². The summed E-state index contributed by atoms with van der Waals surface area (Å²) in [5, 5.41) is 9.51. The molecule has 0 aliphatic heterocycles. The number of ether oxygens (including phenoxy) is 1. The summed E-state index contributed by atoms with van der Waals surface area (Å²) in [7, 11) is 1.56. The molecule has 0 saturated heterocycles. The van der Waals surface area contributed by atoms with Crippen molar-refractivity contribution in [2.75, 3.05) is 7.11 Å². The van der Waals surface area contributed by atoms with Gasteiger partial charge in [0, 0.05) is 5.02 Å². The summed E-state index contributed by atoms with van der Waals surface area (Å²) in [6, 6.07) is 12.0. The largest absolute Gasteiger partial charge is 0.497 e. The van der Waals surface area contributed by atoms with Gasteiger partial charge in [0.15, 0.2) is 0 Å². The highest BCUT2D eigenvalue weighted by molar-refractivity contribution is 6.31. The van der Waals surface area contributed by atoms with E-state index in [4.69, 9.17) is 21.4 Å². The minimum Gasteiger partial charge on any atom is -0.497 e. The molecule has 0 bridgehead atoms. The van der Waals surface area contributed by atoms with Gasteiger partial charge in [-0.2, -0.15) is 0 Å². The standard InChI is InChI=1S/C14H11ClO3/c1-18-13-7-11(6-12(15)8-13)9-3-2-4-10(5-9)14(16)17/h2-8H,1H3,(H,16,17). The molecule has 0 fully saturated rings. The van der Waals surface area contributed by atoms with Crippen LogP contribution < -0.4 is 4.74 Å². The summed E-state index contributed by atoms with van der Waals surface area (Å²) >= 11 is 5.98. The molecular weight excluding hydrogens is 252 g/mol. The van der Waals surface area contributed by atoms with Crippen LogP contribution >= 0.6 is 11.6 Å². The van der Waals surface area contributed by atoms with Gasteiger partial charge in [0.25, 0.3) is 0 Å². The first-order valence-corrected chi connectivity index (χ1v) is 5.66. The smallest absolute Gasteiger partial charge is 0.335 e. The van der Waals surface area contributed by atoms with Gasteiger partial charge in [-0.1, -0.05) is 23.7 Å². The number of hydrogen-bond acceptors (Lipinski definition) is 2. The van der Waals surface area contributed by atoms with Crippen LogP contribution in [0.2, 0.25) is 5.02 Å². The number of aromatic carboxylic acids is 1. The van der Waals surface area contributed by atoms with E-state index in [-0.39, 0.29) is 5.56 Å². The minimum absolute atomic E-state index is 0.242. The molecule has 0 aliphatic carbocycles. The zero-order valence-electron chi connectivity index (χ0n) is 9.68. The molecule has 3 nitrogen and oxygen atoms in total. The van der Waals surface area contributed by atoms with E-state index in [9.17, 15) is 4.79 Å². The lowest BCUT2D eigenvalue weighted by molar-refractivity contribution is 0.0697. The van der Waals surface area contributed by atoms with Gasteiger partial charge in [0.05, 0.1) is 12.7 Å². The topological polar surface area (TPSA) is 46.5 Å². The fourth-order valence-electron chi connectivity index (χ4n) is 1.68. The Morgan fingerprint density at radius 1 is 1.17 bits per heavy atom. The number of carbonyl (C=O) groups is 1. The van der Waals surface area contributed by atoms with Crippen LogP contribution in [0.15, 0.2) is 42.5 Å². The Hall–Kier alpha value is -2.00. The Bertz CT molecular complexity index is 593. The molecule has 0 saturated carbocycles. The maximum atomic E-state index is 10.9. The van der Waals surface area contributed by atoms with Gasteiger partial charge in [0.1, 0.15) is 5.75 Å². The highest BCUT2D eigenvalue weighted by atomic mass is 35.5. The van der Waals surface area contributed by atoms with E-state index in [0.29, 0.717) is 10.8 Å². The van der Waals surface area contributed by atoms with Gasteiger partial charge < -0.3 is 9.84 Å². The molecule has 0 spiro atoms. The van der Waals surface area contributed by atoms with E-state index in [0.717, 1.165) is 11.1 Å². The molecule has 4 heteroatoms. The Morgan fingerprint density at radius 3 is 2.61 bits per heavy atom. The van der Waals surface area contributed by atoms with Crippen molar-refractivity contribution < 1.29 is 14.6 Å². The predicted octanol–water partition coefficient (Wildman–Crippen LogP) is 3.71. The van der Waals surface area contributed by atoms with Gasteiger partial charge in [-0.15, -0.1) is 0 Å². The third kappa shape index (κ3) is 2.63. The van der Waals surface area contributed by atoms with E-state index < -0.39 is 5.97 Å². The molecule has 0 aromatic heterocycles. The molecule has 18 heavy (non-hydrogen) atoms. The monoisotopic (exact) mass is 262 g/mol. The first-order valence-electron chi connectivity index (χ1n) is 5.28. The van der Waals surface area contributed by atoms with Crippen molar-refractivity contribution in [3.63, 3.8) is 0 Å². The number of carboxylic acid groups (broad SMARTS) is 1. The summed E-state index contributed by atoms with van der Waals surface area (Å²) in [6.45, 7) is 0. The lowest BCUT2D eigenvalue weighted by atomic mass is 10.0. The molecule has 0 aliphatic rings. The van der Waals surface area contributed by atoms with Gasteiger partial charge in [0.2, 0.25) is 0 Å². The summed E-state index contributed by atoms with van der Waals surface area (Å²) < 4.78 is 5.13. The number of halogens is 1. The SMILES string of the molecule is COc1cc(Cl)cc(-c2cccc(C(=O)O)c2)c1. The second-order valence-electron chi connectivity index (χ2n) is 3.77. The van der Waals surface area contributed by atoms with Crippen LogP contribution in [0, 0.1) is 0 Å². The molecule has 2 aromatic carbocycles. The average Bonchev–Trinajstić information content (AvgIpc) is 2.38. The summed E-state index contributed by atoms with van der Waals surface area (Å²) in [5.41, 5.74) is 1.85. The van der Waals surface area contributed by atoms with Gasteiger partial charge in [-0.05, 0) is 41.5 Å². The predicted molar refractivity (Wildman–Crippen MR) is 70.4 cm³/mol. The van der Waals surface area contributed by atoms with Crippen LogP contribution in [0.5, 0.6) is 5.75 Å². The number of carboxylic acids is 1. The average molecular weight is 263 g/mol. The van der Waals surface area contributed by atoms with Crippen LogP contribution in [0.1, 0.15) is 10.4 Å². The third-order valence-electron chi connectivity index (χ3n) is 2.55. The molecule has 0 atom stereocenters. The number of hydrogen-bond donors (Lipinski definition) is 1. The molecule has 92 valence electrons. The van der Waals surface area contributed by atoms with E-state index >= 15 is 0 Å². The molecule has 0 unspecified atom stereocenters. The molecule has 2 rings (SSSR count). The van der Waals surface area contributed by atoms with E-state index in [1.807, 2.05) is 12.1 Å². The highest BCUT2D eigenvalue weighted by Crippen LogP contribution is 2.28. The van der Waals surface area contributed by atoms with Crippen molar-refractivity contribution >= 4 is 17.6 Å². The second kappa shape index (κ2) is 5.10. The normalized spacial score (nSPS) is 10.1. The highest BCUT2D eigenvalue weighted by Gasteiger charge is 2.06. The third-order valence-corrected chi connectivity index (χ3v) is 2.77. The Morgan fingerprint density at radius 2 is 1.94 bits per heavy atom. The lowest BCUT2D eigenvalue weighted by Gasteiger charge is -2.07. The van der Waals surface area contributed by atoms with E-state index in [1.165, 1.54) is 0 Å². The minimum atomic E-state index is -0.953. The maximum absolute atomic E-state index is 10.9. The molecular formula is C14H11ClO3. The summed E-state index contributed by atoms with van der Waals surface area (Å²) in [4.78, 5) is 10.9. The second-order valence-corrected chi connectivity index (χ2v) is 4.20. The van der Waals surface area contributed by atoms with Crippen LogP contribution in [-0.2, 0) is 0 Å². The first kappa shape index (κ1) is 12.5. The fourth-order valence-corrected chi connectivity index (χ4v) is 1.90. The van der Waals surface area contributed by atoms with Crippen LogP contribution in [0.25, 0.3) is 11.1 Å². The van der Waals surface area contributed by atoms with Gasteiger partial charge in [-0.25, -0.2) is 4.79 Å². The molecule has 0 amide bonds. The van der Waals surface area contributed by atoms with Crippen molar-refractivity contribution in [1.82, 2.24) is 0 Å². The Kier molecular flexibility index (Phi) is 3.53. The summed E-state index contributed by atoms with van der Waals surface area (Å²) in [5.74, 6) is -0.316. The Labute approximate surface area is 110 Å². The fraction of sp³-hybridized carbons (Fsp3) is 0.0714. The van der Waals surface area contributed by atoms with E-state index in [2.05, 4.69) is 0 Å². The summed E-state index contributed by atoms with van der Waals surface area (Å²) in [6.07, 6.45) is 0. The van der Waals surface area contributed by atoms with Crippen LogP contribution in [-0.4, -0.2) is 18.2 Å². The lowest BCUT2D eigenvalue weighted by Crippen LogP contribution is -1.95. The molecule has 0 heterocycles. The number of benzene rings is 2. The molecule has 2 aromatic rings. The van der Waals surface area contributed by atoms with Crippen molar-refractivity contribution in [3.05, 3.63) is 53.1 Å². The van der Waals surface area contributed by atoms with E-state index in [1.54, 1.807) is 37.4 Å². The van der Waals surface area contributed by atoms with Crippen LogP contribution in [0.4, 0.5) is 0 Å².